The first-order valence-electron chi connectivity index (χ1n) is 6.74. The van der Waals surface area contributed by atoms with E-state index >= 15 is 0 Å². The van der Waals surface area contributed by atoms with E-state index in [2.05, 4.69) is 72.0 Å². The summed E-state index contributed by atoms with van der Waals surface area (Å²) in [5.41, 5.74) is 2.13. The van der Waals surface area contributed by atoms with Crippen molar-refractivity contribution in [3.63, 3.8) is 0 Å². The van der Waals surface area contributed by atoms with E-state index in [4.69, 9.17) is 8.23 Å². The Labute approximate surface area is 120 Å². The van der Waals surface area contributed by atoms with Crippen LogP contribution < -0.4 is 0 Å². The van der Waals surface area contributed by atoms with E-state index in [0.29, 0.717) is 0 Å². The topological polar surface area (TPSA) is 18.5 Å². The van der Waals surface area contributed by atoms with Gasteiger partial charge in [-0.15, -0.1) is 12.3 Å². The first-order chi connectivity index (χ1) is 7.72. The van der Waals surface area contributed by atoms with Gasteiger partial charge in [-0.1, -0.05) is 13.8 Å². The van der Waals surface area contributed by atoms with Gasteiger partial charge in [0.2, 0.25) is 0 Å². The van der Waals surface area contributed by atoms with Crippen LogP contribution in [0.5, 0.6) is 0 Å². The third-order valence-corrected chi connectivity index (χ3v) is 17.2. The lowest BCUT2D eigenvalue weighted by molar-refractivity contribution is 0.360. The minimum Gasteiger partial charge on any atom is -0.436 e. The molecule has 0 fully saturated rings. The molecular formula is C12H32O2Si4. The van der Waals surface area contributed by atoms with Gasteiger partial charge in [0.15, 0.2) is 16.6 Å². The third-order valence-electron chi connectivity index (χ3n) is 2.89. The molecule has 18 heavy (non-hydrogen) atoms. The lowest BCUT2D eigenvalue weighted by Crippen LogP contribution is -2.59. The molecule has 0 saturated carbocycles. The third kappa shape index (κ3) is 6.11. The zero-order valence-electron chi connectivity index (χ0n) is 13.8. The van der Waals surface area contributed by atoms with Gasteiger partial charge < -0.3 is 8.23 Å². The van der Waals surface area contributed by atoms with Crippen LogP contribution in [0.1, 0.15) is 13.8 Å². The van der Waals surface area contributed by atoms with Crippen molar-refractivity contribution in [2.45, 2.75) is 64.3 Å². The zero-order chi connectivity index (χ0) is 14.8. The van der Waals surface area contributed by atoms with Gasteiger partial charge in [-0.05, 0) is 45.8 Å². The Morgan fingerprint density at radius 2 is 1.22 bits per heavy atom. The first-order valence-corrected chi connectivity index (χ1v) is 17.4. The molecule has 0 aliphatic rings. The smallest absolute Gasteiger partial charge is 0.317 e. The van der Waals surface area contributed by atoms with Crippen LogP contribution in [0.15, 0.2) is 12.3 Å². The highest BCUT2D eigenvalue weighted by Gasteiger charge is 2.51. The van der Waals surface area contributed by atoms with Crippen molar-refractivity contribution in [1.29, 1.82) is 0 Å². The molecule has 0 heterocycles. The molecule has 0 atom stereocenters. The largest absolute Gasteiger partial charge is 0.436 e. The van der Waals surface area contributed by atoms with Gasteiger partial charge in [0.1, 0.15) is 0 Å². The predicted molar refractivity (Wildman–Crippen MR) is 93.3 cm³/mol. The molecule has 0 aliphatic heterocycles. The second kappa shape index (κ2) is 5.88. The van der Waals surface area contributed by atoms with Gasteiger partial charge in [-0.2, -0.15) is 0 Å². The molecule has 108 valence electrons. The monoisotopic (exact) mass is 320 g/mol. The maximum atomic E-state index is 6.60. The van der Waals surface area contributed by atoms with Crippen LogP contribution in [0.4, 0.5) is 0 Å². The lowest BCUT2D eigenvalue weighted by Gasteiger charge is -2.47. The Hall–Kier alpha value is 0.528. The van der Waals surface area contributed by atoms with Crippen molar-refractivity contribution in [1.82, 2.24) is 0 Å². The number of hydrogen-bond acceptors (Lipinski definition) is 2. The van der Waals surface area contributed by atoms with Gasteiger partial charge >= 0.3 is 8.56 Å². The average Bonchev–Trinajstić information content (AvgIpc) is 1.94. The molecule has 0 amide bonds. The normalized spacial score (nSPS) is 15.4. The summed E-state index contributed by atoms with van der Waals surface area (Å²) in [6.07, 6.45) is 0. The minimum absolute atomic E-state index is 0.204. The Kier molecular flexibility index (Phi) is 6.06. The van der Waals surface area contributed by atoms with Gasteiger partial charge in [-0.25, -0.2) is 0 Å². The van der Waals surface area contributed by atoms with Gasteiger partial charge in [0, 0.05) is 4.66 Å². The van der Waals surface area contributed by atoms with Crippen LogP contribution in [-0.4, -0.2) is 34.7 Å². The molecular weight excluding hydrogens is 288 g/mol. The van der Waals surface area contributed by atoms with Crippen LogP contribution in [0.25, 0.3) is 0 Å². The van der Waals surface area contributed by atoms with E-state index in [-0.39, 0.29) is 14.2 Å². The second-order valence-corrected chi connectivity index (χ2v) is 24.5. The van der Waals surface area contributed by atoms with Crippen LogP contribution in [0, 0.1) is 0 Å². The first kappa shape index (κ1) is 18.5. The maximum absolute atomic E-state index is 6.60. The van der Waals surface area contributed by atoms with E-state index in [9.17, 15) is 0 Å². The fourth-order valence-corrected chi connectivity index (χ4v) is 18.0. The second-order valence-electron chi connectivity index (χ2n) is 7.75. The molecule has 0 rings (SSSR count). The summed E-state index contributed by atoms with van der Waals surface area (Å²) in [7, 11) is -5.70. The quantitative estimate of drug-likeness (QED) is 0.664. The molecule has 0 N–H and O–H groups in total. The summed E-state index contributed by atoms with van der Waals surface area (Å²) in [6.45, 7) is 24.4. The van der Waals surface area contributed by atoms with Gasteiger partial charge in [-0.3, -0.25) is 0 Å². The molecule has 0 bridgehead atoms. The highest BCUT2D eigenvalue weighted by molar-refractivity contribution is 6.93. The molecule has 0 aromatic heterocycles. The van der Waals surface area contributed by atoms with E-state index in [0.717, 1.165) is 0 Å². The molecule has 0 aromatic carbocycles. The summed E-state index contributed by atoms with van der Waals surface area (Å²) < 4.78 is 13.4. The van der Waals surface area contributed by atoms with E-state index in [1.54, 1.807) is 0 Å². The Bertz CT molecular complexity index is 273. The SMILES string of the molecule is C=C[SiH2]C(C)(C)[Si](C)(O[Si](C)(C)C)O[Si](C)(C)C. The Balaban J connectivity index is 5.33. The molecule has 6 heteroatoms. The highest BCUT2D eigenvalue weighted by Crippen LogP contribution is 2.40. The van der Waals surface area contributed by atoms with Crippen molar-refractivity contribution in [2.75, 3.05) is 0 Å². The van der Waals surface area contributed by atoms with Crippen LogP contribution in [-0.2, 0) is 8.23 Å². The molecule has 0 spiro atoms. The van der Waals surface area contributed by atoms with Crippen LogP contribution >= 0.6 is 0 Å². The van der Waals surface area contributed by atoms with Crippen molar-refractivity contribution < 1.29 is 8.23 Å². The lowest BCUT2D eigenvalue weighted by atomic mass is 10.5. The van der Waals surface area contributed by atoms with Crippen molar-refractivity contribution in [3.05, 3.63) is 12.3 Å². The molecule has 0 radical (unpaired) electrons. The standard InChI is InChI=1S/C12H32O2Si4/c1-11-15-12(2,3)18(10,13-16(4,5)6)14-17(7,8)9/h11H,1,15H2,2-10H3. The summed E-state index contributed by atoms with van der Waals surface area (Å²) in [5, 5.41) is 0. The Morgan fingerprint density at radius 3 is 1.44 bits per heavy atom. The van der Waals surface area contributed by atoms with Crippen LogP contribution in [0.2, 0.25) is 50.5 Å². The van der Waals surface area contributed by atoms with E-state index in [1.807, 2.05) is 0 Å². The fraction of sp³-hybridized carbons (Fsp3) is 0.833. The zero-order valence-corrected chi connectivity index (χ0v) is 18.2. The summed E-state index contributed by atoms with van der Waals surface area (Å²) >= 11 is 0. The molecule has 0 saturated heterocycles. The summed E-state index contributed by atoms with van der Waals surface area (Å²) in [6, 6.07) is 0. The highest BCUT2D eigenvalue weighted by atomic mass is 28.5. The van der Waals surface area contributed by atoms with Crippen molar-refractivity contribution in [3.8, 4) is 0 Å². The van der Waals surface area contributed by atoms with Gasteiger partial charge in [0.05, 0.1) is 9.52 Å². The minimum atomic E-state index is -2.15. The van der Waals surface area contributed by atoms with E-state index in [1.165, 1.54) is 0 Å². The number of rotatable bonds is 7. The predicted octanol–water partition coefficient (Wildman–Crippen LogP) is 3.81. The summed E-state index contributed by atoms with van der Waals surface area (Å²) in [4.78, 5) is 0. The average molecular weight is 321 g/mol. The molecule has 0 unspecified atom stereocenters. The van der Waals surface area contributed by atoms with Crippen LogP contribution in [0.3, 0.4) is 0 Å². The molecule has 2 nitrogen and oxygen atoms in total. The molecule has 0 aliphatic carbocycles. The van der Waals surface area contributed by atoms with Gasteiger partial charge in [0.25, 0.3) is 0 Å². The van der Waals surface area contributed by atoms with Crippen molar-refractivity contribution in [2.24, 2.45) is 0 Å². The fourth-order valence-electron chi connectivity index (χ4n) is 2.01. The van der Waals surface area contributed by atoms with E-state index < -0.39 is 25.2 Å². The van der Waals surface area contributed by atoms with Crippen molar-refractivity contribution >= 4 is 34.7 Å². The maximum Gasteiger partial charge on any atom is 0.317 e. The summed E-state index contributed by atoms with van der Waals surface area (Å²) in [5.74, 6) is 0. The molecule has 0 aromatic rings. The number of hydrogen-bond donors (Lipinski definition) is 0. The Morgan fingerprint density at radius 1 is 0.889 bits per heavy atom.